The molecule has 2 heterocycles. The van der Waals surface area contributed by atoms with Gasteiger partial charge in [-0.05, 0) is 38.2 Å². The normalized spacial score (nSPS) is 20.6. The molecule has 0 spiro atoms. The molecule has 1 fully saturated rings. The van der Waals surface area contributed by atoms with E-state index in [1.165, 1.54) is 0 Å². The van der Waals surface area contributed by atoms with Crippen LogP contribution in [0.3, 0.4) is 0 Å². The molecule has 1 saturated carbocycles. The molecule has 1 aliphatic rings. The van der Waals surface area contributed by atoms with Crippen LogP contribution < -0.4 is 10.1 Å². The number of hydrogen-bond donors (Lipinski definition) is 2. The summed E-state index contributed by atoms with van der Waals surface area (Å²) >= 11 is 1.60. The summed E-state index contributed by atoms with van der Waals surface area (Å²) in [5.74, 6) is 0.694. The van der Waals surface area contributed by atoms with E-state index in [1.54, 1.807) is 30.7 Å². The van der Waals surface area contributed by atoms with Crippen LogP contribution in [0.1, 0.15) is 40.0 Å². The lowest BCUT2D eigenvalue weighted by molar-refractivity contribution is -0.122. The van der Waals surface area contributed by atoms with Crippen molar-refractivity contribution in [3.8, 4) is 5.88 Å². The molecule has 7 heteroatoms. The Labute approximate surface area is 151 Å². The Balaban J connectivity index is 1.72. The van der Waals surface area contributed by atoms with Crippen molar-refractivity contribution in [1.82, 2.24) is 15.3 Å². The number of methoxy groups -OCH3 is 1. The third-order valence-corrected chi connectivity index (χ3v) is 5.52. The average Bonchev–Trinajstić information content (AvgIpc) is 2.87. The van der Waals surface area contributed by atoms with Crippen LogP contribution in [0, 0.1) is 19.8 Å². The Bertz CT molecular complexity index is 739. The average molecular weight is 361 g/mol. The van der Waals surface area contributed by atoms with Gasteiger partial charge in [-0.1, -0.05) is 6.07 Å². The number of rotatable bonds is 6. The molecule has 2 aromatic heterocycles. The zero-order valence-electron chi connectivity index (χ0n) is 14.7. The number of pyridine rings is 1. The van der Waals surface area contributed by atoms with E-state index >= 15 is 0 Å². The van der Waals surface area contributed by atoms with Gasteiger partial charge >= 0.3 is 0 Å². The van der Waals surface area contributed by atoms with Crippen molar-refractivity contribution in [2.45, 2.75) is 45.3 Å². The van der Waals surface area contributed by atoms with Crippen molar-refractivity contribution in [3.05, 3.63) is 39.5 Å². The minimum atomic E-state index is -0.279. The largest absolute Gasteiger partial charge is 0.481 e. The zero-order chi connectivity index (χ0) is 18.0. The minimum Gasteiger partial charge on any atom is -0.481 e. The first-order valence-corrected chi connectivity index (χ1v) is 9.18. The van der Waals surface area contributed by atoms with Gasteiger partial charge in [0.25, 0.3) is 0 Å². The lowest BCUT2D eigenvalue weighted by atomic mass is 9.75. The van der Waals surface area contributed by atoms with E-state index in [0.717, 1.165) is 21.1 Å². The molecule has 0 radical (unpaired) electrons. The molecule has 0 aromatic carbocycles. The molecule has 1 amide bonds. The number of carbonyl (C=O) groups excluding carboxylic acids is 1. The van der Waals surface area contributed by atoms with Gasteiger partial charge in [0, 0.05) is 17.1 Å². The molecule has 1 atom stereocenters. The van der Waals surface area contributed by atoms with Crippen LogP contribution >= 0.6 is 11.3 Å². The first kappa shape index (κ1) is 17.8. The Kier molecular flexibility index (Phi) is 5.34. The van der Waals surface area contributed by atoms with Gasteiger partial charge < -0.3 is 15.2 Å². The molecule has 134 valence electrons. The summed E-state index contributed by atoms with van der Waals surface area (Å²) in [6, 6.07) is 3.55. The molecule has 6 nitrogen and oxygen atoms in total. The number of carbonyl (C=O) groups is 1. The smallest absolute Gasteiger partial charge is 0.226 e. The van der Waals surface area contributed by atoms with Crippen LogP contribution in [0.15, 0.2) is 18.3 Å². The Morgan fingerprint density at radius 3 is 2.72 bits per heavy atom. The van der Waals surface area contributed by atoms with Gasteiger partial charge in [0.05, 0.1) is 36.4 Å². The maximum absolute atomic E-state index is 12.6. The summed E-state index contributed by atoms with van der Waals surface area (Å²) in [4.78, 5) is 22.3. The number of amides is 1. The molecule has 2 aromatic rings. The van der Waals surface area contributed by atoms with Crippen molar-refractivity contribution < 1.29 is 14.6 Å². The second-order valence-corrected chi connectivity index (χ2v) is 7.88. The predicted octanol–water partition coefficient (Wildman–Crippen LogP) is 2.33. The Morgan fingerprint density at radius 1 is 1.44 bits per heavy atom. The number of ether oxygens (including phenoxy) is 1. The van der Waals surface area contributed by atoms with Crippen LogP contribution in [0.5, 0.6) is 5.88 Å². The van der Waals surface area contributed by atoms with E-state index in [0.29, 0.717) is 18.7 Å². The van der Waals surface area contributed by atoms with E-state index in [1.807, 2.05) is 19.9 Å². The van der Waals surface area contributed by atoms with Gasteiger partial charge in [-0.25, -0.2) is 9.97 Å². The third-order valence-electron chi connectivity index (χ3n) is 4.59. The number of aliphatic hydroxyl groups excluding tert-OH is 1. The van der Waals surface area contributed by atoms with Crippen LogP contribution in [-0.2, 0) is 11.2 Å². The molecule has 0 unspecified atom stereocenters. The van der Waals surface area contributed by atoms with Crippen LogP contribution in [-0.4, -0.2) is 34.2 Å². The first-order valence-electron chi connectivity index (χ1n) is 8.36. The fourth-order valence-electron chi connectivity index (χ4n) is 3.18. The Morgan fingerprint density at radius 2 is 2.20 bits per heavy atom. The first-order chi connectivity index (χ1) is 12.0. The summed E-state index contributed by atoms with van der Waals surface area (Å²) in [5.41, 5.74) is 1.76. The highest BCUT2D eigenvalue weighted by molar-refractivity contribution is 7.11. The van der Waals surface area contributed by atoms with Crippen LogP contribution in [0.25, 0.3) is 0 Å². The van der Waals surface area contributed by atoms with Gasteiger partial charge in [0.1, 0.15) is 0 Å². The number of nitrogens with one attached hydrogen (secondary N) is 1. The molecule has 0 aliphatic heterocycles. The molecular formula is C18H23N3O3S. The fraction of sp³-hybridized carbons (Fsp3) is 0.500. The quantitative estimate of drug-likeness (QED) is 0.825. The number of aromatic nitrogens is 2. The topological polar surface area (TPSA) is 84.3 Å². The lowest BCUT2D eigenvalue weighted by Gasteiger charge is -2.38. The number of hydrogen-bond acceptors (Lipinski definition) is 6. The number of thiazole rings is 1. The maximum atomic E-state index is 12.6. The summed E-state index contributed by atoms with van der Waals surface area (Å²) in [5, 5.41) is 13.7. The van der Waals surface area contributed by atoms with Crippen molar-refractivity contribution >= 4 is 17.2 Å². The van der Waals surface area contributed by atoms with E-state index in [-0.39, 0.29) is 30.4 Å². The molecule has 25 heavy (non-hydrogen) atoms. The maximum Gasteiger partial charge on any atom is 0.226 e. The lowest BCUT2D eigenvalue weighted by Crippen LogP contribution is -2.42. The number of nitrogens with zero attached hydrogens (tertiary/aromatic N) is 2. The summed E-state index contributed by atoms with van der Waals surface area (Å²) < 4.78 is 5.10. The summed E-state index contributed by atoms with van der Waals surface area (Å²) in [6.45, 7) is 3.93. The molecule has 2 N–H and O–H groups in total. The highest BCUT2D eigenvalue weighted by Crippen LogP contribution is 2.38. The van der Waals surface area contributed by atoms with Gasteiger partial charge in [-0.15, -0.1) is 11.3 Å². The van der Waals surface area contributed by atoms with Gasteiger partial charge in [0.2, 0.25) is 11.8 Å². The molecular weight excluding hydrogens is 338 g/mol. The molecule has 0 bridgehead atoms. The zero-order valence-corrected chi connectivity index (χ0v) is 15.5. The fourth-order valence-corrected chi connectivity index (χ4v) is 4.02. The molecule has 3 rings (SSSR count). The predicted molar refractivity (Wildman–Crippen MR) is 95.7 cm³/mol. The monoisotopic (exact) mass is 361 g/mol. The summed E-state index contributed by atoms with van der Waals surface area (Å²) in [7, 11) is 1.57. The number of aryl methyl sites for hydroxylation is 2. The van der Waals surface area contributed by atoms with E-state index in [2.05, 4.69) is 15.3 Å². The SMILES string of the molecule is COc1ccc([C@H](NC(=O)Cc2nc(C)sc2C)C2CC(O)C2)cn1. The highest BCUT2D eigenvalue weighted by Gasteiger charge is 2.36. The Hall–Kier alpha value is -1.99. The van der Waals surface area contributed by atoms with Gasteiger partial charge in [0.15, 0.2) is 0 Å². The molecule has 1 aliphatic carbocycles. The molecule has 0 saturated heterocycles. The second kappa shape index (κ2) is 7.49. The van der Waals surface area contributed by atoms with Crippen molar-refractivity contribution in [3.63, 3.8) is 0 Å². The minimum absolute atomic E-state index is 0.0596. The van der Waals surface area contributed by atoms with Crippen molar-refractivity contribution in [1.29, 1.82) is 0 Å². The number of aliphatic hydroxyl groups is 1. The van der Waals surface area contributed by atoms with Gasteiger partial charge in [-0.3, -0.25) is 4.79 Å². The standard InChI is InChI=1S/C18H23N3O3S/c1-10-15(20-11(2)25-10)8-16(23)21-18(13-6-14(22)7-13)12-4-5-17(24-3)19-9-12/h4-5,9,13-14,18,22H,6-8H2,1-3H3,(H,21,23)/t13?,14?,18-/m0/s1. The summed E-state index contributed by atoms with van der Waals surface area (Å²) in [6.07, 6.45) is 3.09. The van der Waals surface area contributed by atoms with Crippen LogP contribution in [0.4, 0.5) is 0 Å². The van der Waals surface area contributed by atoms with Crippen LogP contribution in [0.2, 0.25) is 0 Å². The van der Waals surface area contributed by atoms with Crippen molar-refractivity contribution in [2.24, 2.45) is 5.92 Å². The third kappa shape index (κ3) is 4.16. The van der Waals surface area contributed by atoms with E-state index < -0.39 is 0 Å². The second-order valence-electron chi connectivity index (χ2n) is 6.48. The van der Waals surface area contributed by atoms with Gasteiger partial charge in [-0.2, -0.15) is 0 Å². The van der Waals surface area contributed by atoms with E-state index in [4.69, 9.17) is 4.74 Å². The van der Waals surface area contributed by atoms with Crippen molar-refractivity contribution in [2.75, 3.05) is 7.11 Å². The highest BCUT2D eigenvalue weighted by atomic mass is 32.1. The van der Waals surface area contributed by atoms with E-state index in [9.17, 15) is 9.90 Å².